The van der Waals surface area contributed by atoms with Crippen molar-refractivity contribution in [2.24, 2.45) is 5.73 Å². The Bertz CT molecular complexity index is 155. The normalized spacial score (nSPS) is 27.8. The Morgan fingerprint density at radius 1 is 1.67 bits per heavy atom. The first-order valence-corrected chi connectivity index (χ1v) is 4.35. The van der Waals surface area contributed by atoms with E-state index in [0.29, 0.717) is 6.61 Å². The zero-order chi connectivity index (χ0) is 8.97. The monoisotopic (exact) mass is 172 g/mol. The summed E-state index contributed by atoms with van der Waals surface area (Å²) in [4.78, 5) is 11.0. The number of ether oxygens (including phenoxy) is 1. The zero-order valence-electron chi connectivity index (χ0n) is 7.38. The first-order chi connectivity index (χ1) is 5.72. The highest BCUT2D eigenvalue weighted by atomic mass is 16.5. The molecule has 0 radical (unpaired) electrons. The third-order valence-corrected chi connectivity index (χ3v) is 1.98. The van der Waals surface area contributed by atoms with Crippen molar-refractivity contribution in [2.75, 3.05) is 13.2 Å². The molecule has 1 amide bonds. The zero-order valence-corrected chi connectivity index (χ0v) is 7.38. The molecule has 1 aliphatic carbocycles. The predicted molar refractivity (Wildman–Crippen MR) is 45.6 cm³/mol. The molecule has 4 nitrogen and oxygen atoms in total. The Morgan fingerprint density at radius 2 is 2.33 bits per heavy atom. The summed E-state index contributed by atoms with van der Waals surface area (Å²) in [5, 5.41) is 2.84. The first kappa shape index (κ1) is 9.48. The van der Waals surface area contributed by atoms with E-state index in [0.717, 1.165) is 12.8 Å². The molecule has 4 heteroatoms. The summed E-state index contributed by atoms with van der Waals surface area (Å²) in [5.41, 5.74) is 5.56. The van der Waals surface area contributed by atoms with Crippen molar-refractivity contribution >= 4 is 5.91 Å². The van der Waals surface area contributed by atoms with Gasteiger partial charge in [-0.3, -0.25) is 4.79 Å². The molecule has 0 spiro atoms. The molecule has 0 bridgehead atoms. The number of carbonyl (C=O) groups is 1. The fraction of sp³-hybridized carbons (Fsp3) is 0.875. The molecule has 0 unspecified atom stereocenters. The predicted octanol–water partition coefficient (Wildman–Crippen LogP) is -0.371. The lowest BCUT2D eigenvalue weighted by molar-refractivity contribution is -0.126. The minimum Gasteiger partial charge on any atom is -0.372 e. The molecule has 3 N–H and O–H groups in total. The van der Waals surface area contributed by atoms with Crippen molar-refractivity contribution in [3.63, 3.8) is 0 Å². The molecule has 0 aliphatic heterocycles. The second-order valence-corrected chi connectivity index (χ2v) is 3.13. The van der Waals surface area contributed by atoms with Crippen LogP contribution in [0.4, 0.5) is 0 Å². The van der Waals surface area contributed by atoms with Crippen LogP contribution in [0.15, 0.2) is 0 Å². The highest BCUT2D eigenvalue weighted by molar-refractivity contribution is 5.77. The number of carbonyl (C=O) groups excluding carboxylic acids is 1. The van der Waals surface area contributed by atoms with Crippen molar-refractivity contribution in [2.45, 2.75) is 31.8 Å². The summed E-state index contributed by atoms with van der Waals surface area (Å²) < 4.78 is 4.95. The molecule has 0 saturated heterocycles. The van der Waals surface area contributed by atoms with Gasteiger partial charge in [-0.2, -0.15) is 0 Å². The van der Waals surface area contributed by atoms with E-state index < -0.39 is 0 Å². The number of hydrogen-bond acceptors (Lipinski definition) is 3. The second kappa shape index (κ2) is 4.42. The first-order valence-electron chi connectivity index (χ1n) is 4.35. The van der Waals surface area contributed by atoms with E-state index >= 15 is 0 Å². The van der Waals surface area contributed by atoms with Crippen LogP contribution in [0, 0.1) is 0 Å². The Labute approximate surface area is 72.5 Å². The summed E-state index contributed by atoms with van der Waals surface area (Å²) in [6.07, 6.45) is 1.80. The summed E-state index contributed by atoms with van der Waals surface area (Å²) in [6.45, 7) is 2.62. The maximum Gasteiger partial charge on any atom is 0.246 e. The molecular formula is C8H16N2O2. The average Bonchev–Trinajstić information content (AvgIpc) is 1.98. The Hall–Kier alpha value is -0.610. The fourth-order valence-electron chi connectivity index (χ4n) is 1.24. The van der Waals surface area contributed by atoms with Gasteiger partial charge in [-0.05, 0) is 19.8 Å². The average molecular weight is 172 g/mol. The highest BCUT2D eigenvalue weighted by Crippen LogP contribution is 2.16. The van der Waals surface area contributed by atoms with Crippen LogP contribution in [0.5, 0.6) is 0 Å². The van der Waals surface area contributed by atoms with Crippen LogP contribution in [0.1, 0.15) is 19.8 Å². The number of rotatable bonds is 4. The Balaban J connectivity index is 2.03. The van der Waals surface area contributed by atoms with Crippen molar-refractivity contribution in [1.82, 2.24) is 5.32 Å². The Kier molecular flexibility index (Phi) is 3.49. The SMILES string of the molecule is CCOCC(=O)NC1CC(N)C1. The molecule has 0 aromatic carbocycles. The van der Waals surface area contributed by atoms with Gasteiger partial charge in [0.1, 0.15) is 6.61 Å². The standard InChI is InChI=1S/C8H16N2O2/c1-2-12-5-8(11)10-7-3-6(9)4-7/h6-7H,2-5,9H2,1H3,(H,10,11). The molecule has 0 aromatic heterocycles. The van der Waals surface area contributed by atoms with Crippen LogP contribution < -0.4 is 11.1 Å². The summed E-state index contributed by atoms with van der Waals surface area (Å²) in [5.74, 6) is -0.0336. The number of hydrogen-bond donors (Lipinski definition) is 2. The van der Waals surface area contributed by atoms with Crippen molar-refractivity contribution in [3.8, 4) is 0 Å². The van der Waals surface area contributed by atoms with Gasteiger partial charge in [-0.1, -0.05) is 0 Å². The van der Waals surface area contributed by atoms with E-state index in [1.165, 1.54) is 0 Å². The second-order valence-electron chi connectivity index (χ2n) is 3.13. The van der Waals surface area contributed by atoms with E-state index in [-0.39, 0.29) is 24.6 Å². The lowest BCUT2D eigenvalue weighted by Crippen LogP contribution is -2.51. The van der Waals surface area contributed by atoms with Gasteiger partial charge in [0.25, 0.3) is 0 Å². The molecule has 1 saturated carbocycles. The number of amides is 1. The van der Waals surface area contributed by atoms with Crippen molar-refractivity contribution < 1.29 is 9.53 Å². The minimum atomic E-state index is -0.0336. The molecule has 0 atom stereocenters. The van der Waals surface area contributed by atoms with Gasteiger partial charge in [0.15, 0.2) is 0 Å². The van der Waals surface area contributed by atoms with Crippen LogP contribution in [0.3, 0.4) is 0 Å². The van der Waals surface area contributed by atoms with Crippen LogP contribution in [-0.2, 0) is 9.53 Å². The topological polar surface area (TPSA) is 64.3 Å². The number of nitrogens with two attached hydrogens (primary N) is 1. The molecule has 1 aliphatic rings. The summed E-state index contributed by atoms with van der Waals surface area (Å²) in [7, 11) is 0. The molecule has 0 aromatic rings. The van der Waals surface area contributed by atoms with Crippen molar-refractivity contribution in [1.29, 1.82) is 0 Å². The van der Waals surface area contributed by atoms with E-state index in [9.17, 15) is 4.79 Å². The van der Waals surface area contributed by atoms with E-state index in [4.69, 9.17) is 10.5 Å². The smallest absolute Gasteiger partial charge is 0.246 e. The van der Waals surface area contributed by atoms with Gasteiger partial charge in [0.05, 0.1) is 0 Å². The highest BCUT2D eigenvalue weighted by Gasteiger charge is 2.26. The third kappa shape index (κ3) is 2.79. The van der Waals surface area contributed by atoms with E-state index in [2.05, 4.69) is 5.32 Å². The van der Waals surface area contributed by atoms with E-state index in [1.54, 1.807) is 0 Å². The molecule has 1 fully saturated rings. The van der Waals surface area contributed by atoms with Gasteiger partial charge < -0.3 is 15.8 Å². The summed E-state index contributed by atoms with van der Waals surface area (Å²) in [6, 6.07) is 0.565. The molecule has 12 heavy (non-hydrogen) atoms. The largest absolute Gasteiger partial charge is 0.372 e. The van der Waals surface area contributed by atoms with Gasteiger partial charge >= 0.3 is 0 Å². The van der Waals surface area contributed by atoms with Gasteiger partial charge in [-0.15, -0.1) is 0 Å². The van der Waals surface area contributed by atoms with Crippen LogP contribution in [-0.4, -0.2) is 31.2 Å². The van der Waals surface area contributed by atoms with Crippen molar-refractivity contribution in [3.05, 3.63) is 0 Å². The molecule has 1 rings (SSSR count). The third-order valence-electron chi connectivity index (χ3n) is 1.98. The quantitative estimate of drug-likeness (QED) is 0.608. The Morgan fingerprint density at radius 3 is 2.83 bits per heavy atom. The van der Waals surface area contributed by atoms with Gasteiger partial charge in [0, 0.05) is 18.7 Å². The maximum atomic E-state index is 11.0. The molecule has 70 valence electrons. The fourth-order valence-corrected chi connectivity index (χ4v) is 1.24. The molecule has 0 heterocycles. The number of nitrogens with one attached hydrogen (secondary N) is 1. The lowest BCUT2D eigenvalue weighted by atomic mass is 9.88. The van der Waals surface area contributed by atoms with Crippen LogP contribution in [0.2, 0.25) is 0 Å². The van der Waals surface area contributed by atoms with Crippen LogP contribution >= 0.6 is 0 Å². The van der Waals surface area contributed by atoms with Crippen LogP contribution in [0.25, 0.3) is 0 Å². The minimum absolute atomic E-state index is 0.0336. The van der Waals surface area contributed by atoms with Gasteiger partial charge in [-0.25, -0.2) is 0 Å². The lowest BCUT2D eigenvalue weighted by Gasteiger charge is -2.32. The molecular weight excluding hydrogens is 156 g/mol. The van der Waals surface area contributed by atoms with E-state index in [1.807, 2.05) is 6.92 Å². The van der Waals surface area contributed by atoms with Gasteiger partial charge in [0.2, 0.25) is 5.91 Å². The summed E-state index contributed by atoms with van der Waals surface area (Å²) >= 11 is 0. The maximum absolute atomic E-state index is 11.0.